The lowest BCUT2D eigenvalue weighted by Gasteiger charge is -2.20. The molecule has 1 aromatic heterocycles. The molecule has 20 heavy (non-hydrogen) atoms. The van der Waals surface area contributed by atoms with Gasteiger partial charge in [0.15, 0.2) is 0 Å². The number of benzene rings is 1. The van der Waals surface area contributed by atoms with Crippen molar-refractivity contribution in [2.75, 3.05) is 13.7 Å². The van der Waals surface area contributed by atoms with Gasteiger partial charge in [-0.2, -0.15) is 5.10 Å². The number of rotatable bonds is 5. The van der Waals surface area contributed by atoms with Crippen LogP contribution >= 0.6 is 15.9 Å². The minimum absolute atomic E-state index is 0.271. The molecule has 0 fully saturated rings. The predicted molar refractivity (Wildman–Crippen MR) is 79.4 cm³/mol. The van der Waals surface area contributed by atoms with Crippen LogP contribution in [0.1, 0.15) is 24.2 Å². The van der Waals surface area contributed by atoms with Gasteiger partial charge in [-0.3, -0.25) is 4.68 Å². The summed E-state index contributed by atoms with van der Waals surface area (Å²) < 4.78 is 21.9. The van der Waals surface area contributed by atoms with E-state index < -0.39 is 0 Å². The van der Waals surface area contributed by atoms with Gasteiger partial charge in [0.25, 0.3) is 0 Å². The second-order valence-corrected chi connectivity index (χ2v) is 5.23. The van der Waals surface area contributed by atoms with Gasteiger partial charge in [0.1, 0.15) is 11.6 Å². The molecule has 108 valence electrons. The van der Waals surface area contributed by atoms with E-state index in [1.165, 1.54) is 13.2 Å². The smallest absolute Gasteiger partial charge is 0.132 e. The predicted octanol–water partition coefficient (Wildman–Crippen LogP) is 3.03. The zero-order chi connectivity index (χ0) is 14.7. The molecule has 4 nitrogen and oxygen atoms in total. The fourth-order valence-electron chi connectivity index (χ4n) is 2.17. The van der Waals surface area contributed by atoms with E-state index in [-0.39, 0.29) is 11.9 Å². The summed E-state index contributed by atoms with van der Waals surface area (Å²) in [6.45, 7) is 2.70. The molecular formula is C14H17BrFN3O. The van der Waals surface area contributed by atoms with Crippen LogP contribution < -0.4 is 10.1 Å². The normalized spacial score (nSPS) is 12.4. The standard InChI is InChI=1S/C14H17BrFN3O/c1-4-17-13(14-11(15)8-18-19(14)2)10-6-5-9(20-3)7-12(10)16/h5-8,13,17H,4H2,1-3H3. The van der Waals surface area contributed by atoms with Crippen LogP contribution in [0, 0.1) is 5.82 Å². The molecule has 2 aromatic rings. The van der Waals surface area contributed by atoms with E-state index in [1.54, 1.807) is 23.0 Å². The van der Waals surface area contributed by atoms with Crippen molar-refractivity contribution in [3.63, 3.8) is 0 Å². The van der Waals surface area contributed by atoms with E-state index in [2.05, 4.69) is 26.3 Å². The van der Waals surface area contributed by atoms with Crippen LogP contribution in [0.4, 0.5) is 4.39 Å². The van der Waals surface area contributed by atoms with E-state index in [0.717, 1.165) is 10.2 Å². The zero-order valence-corrected chi connectivity index (χ0v) is 13.2. The number of aryl methyl sites for hydroxylation is 1. The monoisotopic (exact) mass is 341 g/mol. The highest BCUT2D eigenvalue weighted by Crippen LogP contribution is 2.31. The van der Waals surface area contributed by atoms with Gasteiger partial charge in [-0.1, -0.05) is 13.0 Å². The summed E-state index contributed by atoms with van der Waals surface area (Å²) in [5, 5.41) is 7.48. The SMILES string of the molecule is CCNC(c1ccc(OC)cc1F)c1c(Br)cnn1C. The number of hydrogen-bond donors (Lipinski definition) is 1. The third-order valence-electron chi connectivity index (χ3n) is 3.14. The molecule has 1 heterocycles. The van der Waals surface area contributed by atoms with Crippen LogP contribution in [0.5, 0.6) is 5.75 Å². The van der Waals surface area contributed by atoms with Crippen LogP contribution in [-0.2, 0) is 7.05 Å². The third-order valence-corrected chi connectivity index (χ3v) is 3.75. The van der Waals surface area contributed by atoms with Crippen molar-refractivity contribution in [3.05, 3.63) is 45.9 Å². The maximum absolute atomic E-state index is 14.3. The van der Waals surface area contributed by atoms with Gasteiger partial charge >= 0.3 is 0 Å². The Morgan fingerprint density at radius 1 is 1.50 bits per heavy atom. The highest BCUT2D eigenvalue weighted by molar-refractivity contribution is 9.10. The summed E-state index contributed by atoms with van der Waals surface area (Å²) in [5.41, 5.74) is 1.45. The Balaban J connectivity index is 2.49. The molecule has 0 saturated heterocycles. The Bertz CT molecular complexity index is 581. The first-order chi connectivity index (χ1) is 9.58. The van der Waals surface area contributed by atoms with Gasteiger partial charge in [-0.15, -0.1) is 0 Å². The fourth-order valence-corrected chi connectivity index (χ4v) is 2.75. The summed E-state index contributed by atoms with van der Waals surface area (Å²) in [6, 6.07) is 4.62. The Hall–Kier alpha value is -1.40. The Labute approximate surface area is 126 Å². The summed E-state index contributed by atoms with van der Waals surface area (Å²) in [7, 11) is 3.36. The molecule has 0 saturated carbocycles. The molecule has 6 heteroatoms. The molecule has 1 N–H and O–H groups in total. The average molecular weight is 342 g/mol. The molecule has 1 unspecified atom stereocenters. The van der Waals surface area contributed by atoms with Gasteiger partial charge in [0, 0.05) is 18.7 Å². The second-order valence-electron chi connectivity index (χ2n) is 4.38. The maximum atomic E-state index is 14.3. The average Bonchev–Trinajstić information content (AvgIpc) is 2.76. The van der Waals surface area contributed by atoms with E-state index in [4.69, 9.17) is 4.74 Å². The first-order valence-corrected chi connectivity index (χ1v) is 7.12. The molecule has 1 atom stereocenters. The summed E-state index contributed by atoms with van der Waals surface area (Å²) in [4.78, 5) is 0. The van der Waals surface area contributed by atoms with Crippen LogP contribution in [0.25, 0.3) is 0 Å². The number of methoxy groups -OCH3 is 1. The zero-order valence-electron chi connectivity index (χ0n) is 11.7. The molecule has 0 radical (unpaired) electrons. The number of ether oxygens (including phenoxy) is 1. The van der Waals surface area contributed by atoms with Crippen molar-refractivity contribution < 1.29 is 9.13 Å². The lowest BCUT2D eigenvalue weighted by molar-refractivity contribution is 0.409. The molecule has 0 bridgehead atoms. The molecule has 0 spiro atoms. The number of aromatic nitrogens is 2. The van der Waals surface area contributed by atoms with E-state index in [1.807, 2.05) is 14.0 Å². The fraction of sp³-hybridized carbons (Fsp3) is 0.357. The summed E-state index contributed by atoms with van der Waals surface area (Å²) in [6.07, 6.45) is 1.71. The van der Waals surface area contributed by atoms with Crippen molar-refractivity contribution in [1.29, 1.82) is 0 Å². The maximum Gasteiger partial charge on any atom is 0.132 e. The van der Waals surface area contributed by atoms with Crippen molar-refractivity contribution in [1.82, 2.24) is 15.1 Å². The topological polar surface area (TPSA) is 39.1 Å². The van der Waals surface area contributed by atoms with E-state index in [9.17, 15) is 4.39 Å². The van der Waals surface area contributed by atoms with Crippen molar-refractivity contribution in [3.8, 4) is 5.75 Å². The van der Waals surface area contributed by atoms with Crippen LogP contribution in [0.15, 0.2) is 28.9 Å². The molecule has 2 rings (SSSR count). The van der Waals surface area contributed by atoms with Crippen molar-refractivity contribution >= 4 is 15.9 Å². The van der Waals surface area contributed by atoms with E-state index in [0.29, 0.717) is 17.9 Å². The Kier molecular flexibility index (Phi) is 4.77. The third kappa shape index (κ3) is 2.86. The van der Waals surface area contributed by atoms with Crippen molar-refractivity contribution in [2.24, 2.45) is 7.05 Å². The van der Waals surface area contributed by atoms with Crippen molar-refractivity contribution in [2.45, 2.75) is 13.0 Å². The largest absolute Gasteiger partial charge is 0.497 e. The molecule has 0 aliphatic heterocycles. The van der Waals surface area contributed by atoms with Gasteiger partial charge < -0.3 is 10.1 Å². The molecule has 1 aromatic carbocycles. The van der Waals surface area contributed by atoms with Gasteiger partial charge in [-0.25, -0.2) is 4.39 Å². The van der Waals surface area contributed by atoms with Crippen LogP contribution in [-0.4, -0.2) is 23.4 Å². The Morgan fingerprint density at radius 2 is 2.25 bits per heavy atom. The highest BCUT2D eigenvalue weighted by atomic mass is 79.9. The second kappa shape index (κ2) is 6.37. The van der Waals surface area contributed by atoms with Gasteiger partial charge in [-0.05, 0) is 28.5 Å². The quantitative estimate of drug-likeness (QED) is 0.908. The lowest BCUT2D eigenvalue weighted by Crippen LogP contribution is -2.25. The number of nitrogens with one attached hydrogen (secondary N) is 1. The van der Waals surface area contributed by atoms with E-state index >= 15 is 0 Å². The summed E-state index contributed by atoms with van der Waals surface area (Å²) in [5.74, 6) is 0.203. The van der Waals surface area contributed by atoms with Crippen LogP contribution in [0.2, 0.25) is 0 Å². The minimum Gasteiger partial charge on any atom is -0.497 e. The first kappa shape index (κ1) is 15.0. The van der Waals surface area contributed by atoms with Crippen LogP contribution in [0.3, 0.4) is 0 Å². The lowest BCUT2D eigenvalue weighted by atomic mass is 10.0. The van der Waals surface area contributed by atoms with Gasteiger partial charge in [0.2, 0.25) is 0 Å². The molecular weight excluding hydrogens is 325 g/mol. The number of halogens is 2. The highest BCUT2D eigenvalue weighted by Gasteiger charge is 2.23. The molecule has 0 aliphatic carbocycles. The Morgan fingerprint density at radius 3 is 2.75 bits per heavy atom. The molecule has 0 aliphatic rings. The number of hydrogen-bond acceptors (Lipinski definition) is 3. The first-order valence-electron chi connectivity index (χ1n) is 6.32. The molecule has 0 amide bonds. The minimum atomic E-state index is -0.302. The summed E-state index contributed by atoms with van der Waals surface area (Å²) >= 11 is 3.47. The van der Waals surface area contributed by atoms with Gasteiger partial charge in [0.05, 0.1) is 29.5 Å². The number of nitrogens with zero attached hydrogens (tertiary/aromatic N) is 2.